The smallest absolute Gasteiger partial charge is 0.0456 e. The molecule has 1 heteroatoms. The fourth-order valence-electron chi connectivity index (χ4n) is 1.55. The third-order valence-electron chi connectivity index (χ3n) is 2.25. The Hall–Kier alpha value is -1.50. The Labute approximate surface area is 78.1 Å². The third-order valence-corrected chi connectivity index (χ3v) is 2.25. The van der Waals surface area contributed by atoms with Gasteiger partial charge in [0.25, 0.3) is 0 Å². The van der Waals surface area contributed by atoms with Crippen molar-refractivity contribution in [2.75, 3.05) is 0 Å². The molecule has 0 radical (unpaired) electrons. The van der Waals surface area contributed by atoms with Crippen molar-refractivity contribution < 1.29 is 0 Å². The van der Waals surface area contributed by atoms with E-state index in [1.165, 1.54) is 16.5 Å². The van der Waals surface area contributed by atoms with E-state index in [1.807, 2.05) is 0 Å². The van der Waals surface area contributed by atoms with Crippen LogP contribution in [0.5, 0.6) is 0 Å². The fourth-order valence-corrected chi connectivity index (χ4v) is 1.55. The number of aromatic amines is 1. The molecule has 0 unspecified atom stereocenters. The van der Waals surface area contributed by atoms with Crippen molar-refractivity contribution in [2.24, 2.45) is 0 Å². The van der Waals surface area contributed by atoms with Crippen molar-refractivity contribution in [3.63, 3.8) is 0 Å². The maximum absolute atomic E-state index is 3.26. The number of H-pyrrole nitrogens is 1. The third kappa shape index (κ3) is 1.50. The molecule has 1 nitrogen and oxygen atoms in total. The second kappa shape index (κ2) is 3.48. The summed E-state index contributed by atoms with van der Waals surface area (Å²) >= 11 is 0. The normalized spacial score (nSPS) is 11.5. The lowest BCUT2D eigenvalue weighted by Crippen LogP contribution is -1.75. The molecule has 0 saturated carbocycles. The first kappa shape index (κ1) is 8.11. The molecule has 0 aliphatic heterocycles. The van der Waals surface area contributed by atoms with Gasteiger partial charge in [0.05, 0.1) is 0 Å². The Kier molecular flexibility index (Phi) is 2.17. The van der Waals surface area contributed by atoms with E-state index < -0.39 is 0 Å². The van der Waals surface area contributed by atoms with Crippen LogP contribution >= 0.6 is 0 Å². The molecular formula is C12H13N. The fraction of sp³-hybridized carbons (Fsp3) is 0.167. The van der Waals surface area contributed by atoms with Gasteiger partial charge in [-0.15, -0.1) is 0 Å². The zero-order chi connectivity index (χ0) is 9.10. The number of aromatic nitrogens is 1. The van der Waals surface area contributed by atoms with Gasteiger partial charge in [-0.3, -0.25) is 0 Å². The Morgan fingerprint density at radius 3 is 3.00 bits per heavy atom. The van der Waals surface area contributed by atoms with Crippen molar-refractivity contribution >= 4 is 10.9 Å². The summed E-state index contributed by atoms with van der Waals surface area (Å²) in [4.78, 5) is 3.26. The van der Waals surface area contributed by atoms with E-state index in [0.29, 0.717) is 0 Å². The molecule has 1 N–H and O–H groups in total. The van der Waals surface area contributed by atoms with Gasteiger partial charge in [0, 0.05) is 17.1 Å². The molecule has 0 bridgehead atoms. The van der Waals surface area contributed by atoms with Crippen molar-refractivity contribution in [1.29, 1.82) is 0 Å². The van der Waals surface area contributed by atoms with Gasteiger partial charge in [-0.1, -0.05) is 30.4 Å². The zero-order valence-electron chi connectivity index (χ0n) is 7.75. The van der Waals surface area contributed by atoms with Crippen LogP contribution in [0.15, 0.2) is 42.6 Å². The summed E-state index contributed by atoms with van der Waals surface area (Å²) in [5, 5.41) is 1.33. The summed E-state index contributed by atoms with van der Waals surface area (Å²) in [5.74, 6) is 0. The topological polar surface area (TPSA) is 15.8 Å². The number of benzene rings is 1. The molecular weight excluding hydrogens is 158 g/mol. The number of hydrogen-bond acceptors (Lipinski definition) is 0. The van der Waals surface area contributed by atoms with Gasteiger partial charge in [-0.25, -0.2) is 0 Å². The first-order valence-corrected chi connectivity index (χ1v) is 4.58. The number of nitrogens with one attached hydrogen (secondary N) is 1. The molecule has 0 amide bonds. The molecule has 0 aliphatic carbocycles. The second-order valence-corrected chi connectivity index (χ2v) is 3.13. The van der Waals surface area contributed by atoms with E-state index in [1.54, 1.807) is 0 Å². The van der Waals surface area contributed by atoms with Crippen LogP contribution < -0.4 is 0 Å². The summed E-state index contributed by atoms with van der Waals surface area (Å²) < 4.78 is 0. The molecule has 0 atom stereocenters. The Balaban J connectivity index is 2.45. The predicted molar refractivity (Wildman–Crippen MR) is 56.8 cm³/mol. The maximum atomic E-state index is 3.26. The van der Waals surface area contributed by atoms with Crippen LogP contribution in [0.25, 0.3) is 10.9 Å². The molecule has 0 spiro atoms. The highest BCUT2D eigenvalue weighted by molar-refractivity contribution is 5.83. The SMILES string of the molecule is C/C=C/Cc1c[nH]c2ccccc12. The van der Waals surface area contributed by atoms with Crippen LogP contribution in [0.4, 0.5) is 0 Å². The minimum absolute atomic E-state index is 1.01. The second-order valence-electron chi connectivity index (χ2n) is 3.13. The monoisotopic (exact) mass is 171 g/mol. The Morgan fingerprint density at radius 1 is 1.31 bits per heavy atom. The summed E-state index contributed by atoms with van der Waals surface area (Å²) in [6.45, 7) is 2.05. The van der Waals surface area contributed by atoms with Crippen molar-refractivity contribution in [2.45, 2.75) is 13.3 Å². The maximum Gasteiger partial charge on any atom is 0.0456 e. The highest BCUT2D eigenvalue weighted by Crippen LogP contribution is 2.17. The lowest BCUT2D eigenvalue weighted by Gasteiger charge is -1.92. The molecule has 1 aromatic heterocycles. The quantitative estimate of drug-likeness (QED) is 0.667. The largest absolute Gasteiger partial charge is 0.361 e. The van der Waals surface area contributed by atoms with Crippen LogP contribution in [0, 0.1) is 0 Å². The van der Waals surface area contributed by atoms with Crippen molar-refractivity contribution in [3.8, 4) is 0 Å². The Morgan fingerprint density at radius 2 is 2.15 bits per heavy atom. The van der Waals surface area contributed by atoms with Crippen molar-refractivity contribution in [3.05, 3.63) is 48.2 Å². The molecule has 0 aliphatic rings. The molecule has 66 valence electrons. The first-order chi connectivity index (χ1) is 6.42. The van der Waals surface area contributed by atoms with Gasteiger partial charge in [0.15, 0.2) is 0 Å². The summed E-state index contributed by atoms with van der Waals surface area (Å²) in [6, 6.07) is 8.40. The van der Waals surface area contributed by atoms with Crippen LogP contribution in [-0.2, 0) is 6.42 Å². The summed E-state index contributed by atoms with van der Waals surface area (Å²) in [5.41, 5.74) is 2.59. The molecule has 0 fully saturated rings. The van der Waals surface area contributed by atoms with E-state index in [0.717, 1.165) is 6.42 Å². The van der Waals surface area contributed by atoms with Gasteiger partial charge < -0.3 is 4.98 Å². The minimum Gasteiger partial charge on any atom is -0.361 e. The molecule has 0 saturated heterocycles. The number of rotatable bonds is 2. The van der Waals surface area contributed by atoms with Gasteiger partial charge in [-0.2, -0.15) is 0 Å². The molecule has 2 rings (SSSR count). The van der Waals surface area contributed by atoms with E-state index in [4.69, 9.17) is 0 Å². The molecule has 1 heterocycles. The van der Waals surface area contributed by atoms with E-state index in [2.05, 4.69) is 54.5 Å². The molecule has 13 heavy (non-hydrogen) atoms. The average Bonchev–Trinajstić information content (AvgIpc) is 2.58. The van der Waals surface area contributed by atoms with Gasteiger partial charge in [0.1, 0.15) is 0 Å². The molecule has 2 aromatic rings. The van der Waals surface area contributed by atoms with Crippen LogP contribution in [0.2, 0.25) is 0 Å². The first-order valence-electron chi connectivity index (χ1n) is 4.58. The predicted octanol–water partition coefficient (Wildman–Crippen LogP) is 3.29. The van der Waals surface area contributed by atoms with Crippen LogP contribution in [-0.4, -0.2) is 4.98 Å². The number of allylic oxidation sites excluding steroid dienone is 2. The lowest BCUT2D eigenvalue weighted by atomic mass is 10.1. The lowest BCUT2D eigenvalue weighted by molar-refractivity contribution is 1.28. The summed E-state index contributed by atoms with van der Waals surface area (Å²) in [6.07, 6.45) is 7.36. The summed E-state index contributed by atoms with van der Waals surface area (Å²) in [7, 11) is 0. The standard InChI is InChI=1S/C12H13N/c1-2-3-6-10-9-13-12-8-5-4-7-11(10)12/h2-5,7-9,13H,6H2,1H3/b3-2+. The highest BCUT2D eigenvalue weighted by Gasteiger charge is 1.99. The number of fused-ring (bicyclic) bond motifs is 1. The van der Waals surface area contributed by atoms with Crippen LogP contribution in [0.1, 0.15) is 12.5 Å². The Bertz CT molecular complexity index is 423. The van der Waals surface area contributed by atoms with Crippen LogP contribution in [0.3, 0.4) is 0 Å². The van der Waals surface area contributed by atoms with E-state index >= 15 is 0 Å². The average molecular weight is 171 g/mol. The van der Waals surface area contributed by atoms with E-state index in [-0.39, 0.29) is 0 Å². The number of hydrogen-bond donors (Lipinski definition) is 1. The van der Waals surface area contributed by atoms with Gasteiger partial charge >= 0.3 is 0 Å². The number of para-hydroxylation sites is 1. The zero-order valence-corrected chi connectivity index (χ0v) is 7.75. The molecule has 1 aromatic carbocycles. The van der Waals surface area contributed by atoms with E-state index in [9.17, 15) is 0 Å². The van der Waals surface area contributed by atoms with Crippen molar-refractivity contribution in [1.82, 2.24) is 4.98 Å². The van der Waals surface area contributed by atoms with Gasteiger partial charge in [0.2, 0.25) is 0 Å². The highest BCUT2D eigenvalue weighted by atomic mass is 14.7. The van der Waals surface area contributed by atoms with Gasteiger partial charge in [-0.05, 0) is 25.0 Å². The minimum atomic E-state index is 1.01.